The summed E-state index contributed by atoms with van der Waals surface area (Å²) in [7, 11) is 4.83. The highest BCUT2D eigenvalue weighted by molar-refractivity contribution is 14.0. The first-order valence-electron chi connectivity index (χ1n) is 9.66. The van der Waals surface area contributed by atoms with Crippen LogP contribution in [0.4, 0.5) is 0 Å². The SMILES string of the molecule is CCCN(CC)CCNC(=NCc1cc(OC)c(OC)c(OC)c1)NCC.I. The molecule has 0 aromatic heterocycles. The Balaban J connectivity index is 0.00000729. The monoisotopic (exact) mass is 508 g/mol. The fourth-order valence-corrected chi connectivity index (χ4v) is 2.82. The van der Waals surface area contributed by atoms with Crippen LogP contribution in [0.25, 0.3) is 0 Å². The van der Waals surface area contributed by atoms with Crippen LogP contribution < -0.4 is 24.8 Å². The second-order valence-electron chi connectivity index (χ2n) is 6.09. The van der Waals surface area contributed by atoms with Crippen LogP contribution in [0.5, 0.6) is 17.2 Å². The molecule has 0 atom stereocenters. The van der Waals surface area contributed by atoms with E-state index in [1.807, 2.05) is 12.1 Å². The molecule has 0 saturated heterocycles. The number of methoxy groups -OCH3 is 3. The summed E-state index contributed by atoms with van der Waals surface area (Å²) < 4.78 is 16.2. The van der Waals surface area contributed by atoms with E-state index < -0.39 is 0 Å². The molecule has 0 amide bonds. The second-order valence-corrected chi connectivity index (χ2v) is 6.09. The summed E-state index contributed by atoms with van der Waals surface area (Å²) in [4.78, 5) is 7.11. The van der Waals surface area contributed by atoms with Gasteiger partial charge in [0.1, 0.15) is 0 Å². The van der Waals surface area contributed by atoms with Gasteiger partial charge in [-0.25, -0.2) is 4.99 Å². The molecule has 0 bridgehead atoms. The van der Waals surface area contributed by atoms with E-state index in [2.05, 4.69) is 41.3 Å². The van der Waals surface area contributed by atoms with Crippen molar-refractivity contribution in [1.29, 1.82) is 0 Å². The quantitative estimate of drug-likeness (QED) is 0.257. The van der Waals surface area contributed by atoms with Crippen molar-refractivity contribution >= 4 is 29.9 Å². The molecule has 0 aliphatic rings. The lowest BCUT2D eigenvalue weighted by atomic mass is 10.2. The number of hydrogen-bond acceptors (Lipinski definition) is 5. The molecule has 0 unspecified atom stereocenters. The Kier molecular flexibility index (Phi) is 14.7. The molecular weight excluding hydrogens is 471 g/mol. The number of nitrogens with zero attached hydrogens (tertiary/aromatic N) is 2. The maximum atomic E-state index is 5.41. The number of guanidine groups is 1. The third kappa shape index (κ3) is 8.72. The molecule has 0 fully saturated rings. The van der Waals surface area contributed by atoms with Gasteiger partial charge >= 0.3 is 0 Å². The van der Waals surface area contributed by atoms with Crippen LogP contribution in [0.2, 0.25) is 0 Å². The molecular formula is C20H37IN4O3. The molecule has 1 aromatic carbocycles. The number of hydrogen-bond donors (Lipinski definition) is 2. The maximum Gasteiger partial charge on any atom is 0.203 e. The Bertz CT molecular complexity index is 560. The van der Waals surface area contributed by atoms with Crippen molar-refractivity contribution < 1.29 is 14.2 Å². The topological polar surface area (TPSA) is 67.4 Å². The van der Waals surface area contributed by atoms with Crippen LogP contribution in [0.3, 0.4) is 0 Å². The summed E-state index contributed by atoms with van der Waals surface area (Å²) in [5, 5.41) is 6.69. The zero-order chi connectivity index (χ0) is 20.1. The van der Waals surface area contributed by atoms with Crippen molar-refractivity contribution in [3.63, 3.8) is 0 Å². The molecule has 0 radical (unpaired) electrons. The van der Waals surface area contributed by atoms with Crippen LogP contribution in [0.15, 0.2) is 17.1 Å². The first-order valence-corrected chi connectivity index (χ1v) is 9.66. The number of likely N-dealkylation sites (N-methyl/N-ethyl adjacent to an activating group) is 1. The van der Waals surface area contributed by atoms with Gasteiger partial charge in [-0.15, -0.1) is 24.0 Å². The van der Waals surface area contributed by atoms with Crippen molar-refractivity contribution in [2.75, 3.05) is 54.1 Å². The smallest absolute Gasteiger partial charge is 0.203 e. The Morgan fingerprint density at radius 3 is 2.07 bits per heavy atom. The van der Waals surface area contributed by atoms with Gasteiger partial charge in [0, 0.05) is 19.6 Å². The van der Waals surface area contributed by atoms with Gasteiger partial charge in [0.2, 0.25) is 5.75 Å². The summed E-state index contributed by atoms with van der Waals surface area (Å²) in [6, 6.07) is 3.85. The van der Waals surface area contributed by atoms with Crippen molar-refractivity contribution in [3.05, 3.63) is 17.7 Å². The molecule has 7 nitrogen and oxygen atoms in total. The van der Waals surface area contributed by atoms with Gasteiger partial charge in [-0.3, -0.25) is 0 Å². The number of ether oxygens (including phenoxy) is 3. The summed E-state index contributed by atoms with van der Waals surface area (Å²) in [6.07, 6.45) is 1.17. The minimum absolute atomic E-state index is 0. The minimum atomic E-state index is 0. The molecule has 0 spiro atoms. The lowest BCUT2D eigenvalue weighted by Crippen LogP contribution is -2.41. The molecule has 1 rings (SSSR count). The molecule has 8 heteroatoms. The first kappa shape index (κ1) is 26.6. The van der Waals surface area contributed by atoms with Crippen LogP contribution in [-0.2, 0) is 6.54 Å². The summed E-state index contributed by atoms with van der Waals surface area (Å²) in [6.45, 7) is 11.8. The van der Waals surface area contributed by atoms with Crippen molar-refractivity contribution in [3.8, 4) is 17.2 Å². The van der Waals surface area contributed by atoms with Gasteiger partial charge in [-0.05, 0) is 44.1 Å². The molecule has 0 heterocycles. The van der Waals surface area contributed by atoms with Crippen molar-refractivity contribution in [2.45, 2.75) is 33.7 Å². The van der Waals surface area contributed by atoms with Crippen LogP contribution in [0, 0.1) is 0 Å². The highest BCUT2D eigenvalue weighted by atomic mass is 127. The van der Waals surface area contributed by atoms with Crippen LogP contribution in [-0.4, -0.2) is 64.9 Å². The van der Waals surface area contributed by atoms with E-state index in [1.165, 1.54) is 6.42 Å². The van der Waals surface area contributed by atoms with Gasteiger partial charge in [-0.2, -0.15) is 0 Å². The Hall–Kier alpha value is -1.42. The number of nitrogens with one attached hydrogen (secondary N) is 2. The molecule has 1 aromatic rings. The number of rotatable bonds is 12. The summed E-state index contributed by atoms with van der Waals surface area (Å²) in [5.41, 5.74) is 0.989. The second kappa shape index (κ2) is 15.5. The fourth-order valence-electron chi connectivity index (χ4n) is 2.82. The highest BCUT2D eigenvalue weighted by Gasteiger charge is 2.13. The van der Waals surface area contributed by atoms with E-state index in [0.29, 0.717) is 23.8 Å². The number of aliphatic imine (C=N–C) groups is 1. The van der Waals surface area contributed by atoms with E-state index >= 15 is 0 Å². The van der Waals surface area contributed by atoms with Gasteiger partial charge in [-0.1, -0.05) is 13.8 Å². The van der Waals surface area contributed by atoms with E-state index in [0.717, 1.165) is 44.2 Å². The van der Waals surface area contributed by atoms with E-state index in [4.69, 9.17) is 14.2 Å². The van der Waals surface area contributed by atoms with Crippen LogP contribution >= 0.6 is 24.0 Å². The molecule has 2 N–H and O–H groups in total. The predicted molar refractivity (Wildman–Crippen MR) is 127 cm³/mol. The standard InChI is InChI=1S/C20H36N4O3.HI/c1-7-11-24(9-3)12-10-22-20(21-8-2)23-15-16-13-17(25-4)19(27-6)18(14-16)26-5;/h13-14H,7-12,15H2,1-6H3,(H2,21,22,23);1H. The average molecular weight is 508 g/mol. The normalized spacial score (nSPS) is 11.0. The zero-order valence-electron chi connectivity index (χ0n) is 18.1. The van der Waals surface area contributed by atoms with E-state index in [-0.39, 0.29) is 24.0 Å². The van der Waals surface area contributed by atoms with Crippen molar-refractivity contribution in [1.82, 2.24) is 15.5 Å². The predicted octanol–water partition coefficient (Wildman–Crippen LogP) is 3.12. The lowest BCUT2D eigenvalue weighted by molar-refractivity contribution is 0.293. The van der Waals surface area contributed by atoms with Crippen molar-refractivity contribution in [2.24, 2.45) is 4.99 Å². The fraction of sp³-hybridized carbons (Fsp3) is 0.650. The number of benzene rings is 1. The third-order valence-electron chi connectivity index (χ3n) is 4.20. The minimum Gasteiger partial charge on any atom is -0.493 e. The average Bonchev–Trinajstić information content (AvgIpc) is 2.70. The maximum absolute atomic E-state index is 5.41. The van der Waals surface area contributed by atoms with Gasteiger partial charge in [0.25, 0.3) is 0 Å². The molecule has 162 valence electrons. The van der Waals surface area contributed by atoms with Gasteiger partial charge in [0.15, 0.2) is 17.5 Å². The molecule has 0 aliphatic carbocycles. The van der Waals surface area contributed by atoms with Crippen LogP contribution in [0.1, 0.15) is 32.8 Å². The Labute approximate surface area is 187 Å². The molecule has 28 heavy (non-hydrogen) atoms. The third-order valence-corrected chi connectivity index (χ3v) is 4.20. The summed E-state index contributed by atoms with van der Waals surface area (Å²) in [5.74, 6) is 2.67. The first-order chi connectivity index (χ1) is 13.1. The number of halogens is 1. The Morgan fingerprint density at radius 1 is 0.964 bits per heavy atom. The van der Waals surface area contributed by atoms with Gasteiger partial charge in [0.05, 0.1) is 27.9 Å². The zero-order valence-corrected chi connectivity index (χ0v) is 20.5. The molecule has 0 saturated carbocycles. The highest BCUT2D eigenvalue weighted by Crippen LogP contribution is 2.38. The largest absolute Gasteiger partial charge is 0.493 e. The lowest BCUT2D eigenvalue weighted by Gasteiger charge is -2.20. The molecule has 0 aliphatic heterocycles. The van der Waals surface area contributed by atoms with E-state index in [1.54, 1.807) is 21.3 Å². The summed E-state index contributed by atoms with van der Waals surface area (Å²) >= 11 is 0. The van der Waals surface area contributed by atoms with Gasteiger partial charge < -0.3 is 29.7 Å². The Morgan fingerprint density at radius 2 is 1.61 bits per heavy atom. The van der Waals surface area contributed by atoms with E-state index in [9.17, 15) is 0 Å².